The van der Waals surface area contributed by atoms with E-state index in [9.17, 15) is 4.39 Å². The number of benzene rings is 1. The number of anilines is 1. The van der Waals surface area contributed by atoms with Gasteiger partial charge in [-0.15, -0.1) is 0 Å². The molecule has 1 aromatic carbocycles. The summed E-state index contributed by atoms with van der Waals surface area (Å²) in [7, 11) is 1.92. The van der Waals surface area contributed by atoms with Gasteiger partial charge in [0, 0.05) is 20.1 Å². The van der Waals surface area contributed by atoms with Gasteiger partial charge in [-0.25, -0.2) is 4.39 Å². The third-order valence-electron chi connectivity index (χ3n) is 3.86. The molecule has 0 aromatic heterocycles. The van der Waals surface area contributed by atoms with Crippen LogP contribution in [0, 0.1) is 11.7 Å². The highest BCUT2D eigenvalue weighted by molar-refractivity contribution is 5.46. The maximum atomic E-state index is 13.7. The zero-order chi connectivity index (χ0) is 15.2. The summed E-state index contributed by atoms with van der Waals surface area (Å²) in [6, 6.07) is 6.89. The number of nitrogens with zero attached hydrogens (tertiary/aromatic N) is 1. The molecule has 2 rings (SSSR count). The monoisotopic (exact) mass is 294 g/mol. The Morgan fingerprint density at radius 1 is 1.29 bits per heavy atom. The van der Waals surface area contributed by atoms with Gasteiger partial charge in [0.2, 0.25) is 0 Å². The minimum atomic E-state index is -0.173. The van der Waals surface area contributed by atoms with Gasteiger partial charge >= 0.3 is 0 Å². The van der Waals surface area contributed by atoms with E-state index >= 15 is 0 Å². The largest absolute Gasteiger partial charge is 0.372 e. The van der Waals surface area contributed by atoms with E-state index in [1.807, 2.05) is 24.1 Å². The Morgan fingerprint density at radius 3 is 2.71 bits per heavy atom. The summed E-state index contributed by atoms with van der Waals surface area (Å²) in [6.45, 7) is 7.09. The molecule has 1 aromatic rings. The van der Waals surface area contributed by atoms with E-state index in [0.29, 0.717) is 17.7 Å². The van der Waals surface area contributed by atoms with Crippen molar-refractivity contribution in [2.45, 2.75) is 38.9 Å². The fourth-order valence-corrected chi connectivity index (χ4v) is 2.76. The zero-order valence-electron chi connectivity index (χ0n) is 13.3. The molecule has 0 radical (unpaired) electrons. The molecule has 21 heavy (non-hydrogen) atoms. The number of likely N-dealkylation sites (N-methyl/N-ethyl adjacent to an activating group) is 1. The molecule has 3 nitrogen and oxygen atoms in total. The minimum absolute atomic E-state index is 0.173. The molecule has 2 unspecified atom stereocenters. The molecule has 1 heterocycles. The number of rotatable bonds is 7. The molecule has 0 amide bonds. The number of ether oxygens (including phenoxy) is 1. The lowest BCUT2D eigenvalue weighted by Crippen LogP contribution is -2.33. The third kappa shape index (κ3) is 4.97. The van der Waals surface area contributed by atoms with Gasteiger partial charge in [0.1, 0.15) is 5.82 Å². The lowest BCUT2D eigenvalue weighted by atomic mass is 10.1. The van der Waals surface area contributed by atoms with Crippen LogP contribution in [-0.4, -0.2) is 38.9 Å². The van der Waals surface area contributed by atoms with Crippen LogP contribution in [0.1, 0.15) is 26.7 Å². The van der Waals surface area contributed by atoms with Crippen molar-refractivity contribution in [3.63, 3.8) is 0 Å². The molecule has 1 N–H and O–H groups in total. The second-order valence-corrected chi connectivity index (χ2v) is 6.34. The molecule has 1 aliphatic rings. The average molecular weight is 294 g/mol. The first-order chi connectivity index (χ1) is 10.1. The van der Waals surface area contributed by atoms with Gasteiger partial charge in [-0.1, -0.05) is 26.0 Å². The zero-order valence-corrected chi connectivity index (χ0v) is 13.3. The lowest BCUT2D eigenvalue weighted by Gasteiger charge is -2.24. The fourth-order valence-electron chi connectivity index (χ4n) is 2.76. The van der Waals surface area contributed by atoms with Gasteiger partial charge < -0.3 is 15.0 Å². The smallest absolute Gasteiger partial charge is 0.146 e. The van der Waals surface area contributed by atoms with Crippen LogP contribution in [0.4, 0.5) is 10.1 Å². The summed E-state index contributed by atoms with van der Waals surface area (Å²) < 4.78 is 19.8. The van der Waals surface area contributed by atoms with Gasteiger partial charge in [0.15, 0.2) is 0 Å². The van der Waals surface area contributed by atoms with Crippen LogP contribution >= 0.6 is 0 Å². The fraction of sp³-hybridized carbons (Fsp3) is 0.647. The van der Waals surface area contributed by atoms with E-state index in [4.69, 9.17) is 4.74 Å². The van der Waals surface area contributed by atoms with E-state index in [2.05, 4.69) is 19.2 Å². The Bertz CT molecular complexity index is 439. The van der Waals surface area contributed by atoms with E-state index < -0.39 is 0 Å². The summed E-state index contributed by atoms with van der Waals surface area (Å²) in [6.07, 6.45) is 2.62. The molecule has 1 aliphatic heterocycles. The number of halogens is 1. The van der Waals surface area contributed by atoms with Crippen LogP contribution in [0.5, 0.6) is 0 Å². The van der Waals surface area contributed by atoms with Crippen LogP contribution in [0.2, 0.25) is 0 Å². The molecule has 4 heteroatoms. The van der Waals surface area contributed by atoms with E-state index in [0.717, 1.165) is 32.5 Å². The van der Waals surface area contributed by atoms with Gasteiger partial charge in [0.25, 0.3) is 0 Å². The number of para-hydroxylation sites is 1. The molecule has 1 fully saturated rings. The van der Waals surface area contributed by atoms with Crippen molar-refractivity contribution in [2.75, 3.05) is 31.6 Å². The first-order valence-corrected chi connectivity index (χ1v) is 7.88. The molecule has 118 valence electrons. The molecule has 0 aliphatic carbocycles. The van der Waals surface area contributed by atoms with Crippen molar-refractivity contribution >= 4 is 5.69 Å². The van der Waals surface area contributed by atoms with E-state index in [1.54, 1.807) is 6.07 Å². The van der Waals surface area contributed by atoms with Gasteiger partial charge in [-0.05, 0) is 37.4 Å². The Morgan fingerprint density at radius 2 is 2.00 bits per heavy atom. The number of hydrogen-bond acceptors (Lipinski definition) is 3. The SMILES string of the molecule is CC(C)CNCC1CCC(CN(C)c2ccccc2F)O1. The number of hydrogen-bond donors (Lipinski definition) is 1. The Hall–Kier alpha value is -1.13. The predicted molar refractivity (Wildman–Crippen MR) is 85.3 cm³/mol. The topological polar surface area (TPSA) is 24.5 Å². The van der Waals surface area contributed by atoms with Crippen molar-refractivity contribution in [1.29, 1.82) is 0 Å². The second kappa shape index (κ2) is 7.76. The van der Waals surface area contributed by atoms with Gasteiger partial charge in [-0.2, -0.15) is 0 Å². The minimum Gasteiger partial charge on any atom is -0.372 e. The Kier molecular flexibility index (Phi) is 6.00. The predicted octanol–water partition coefficient (Wildman–Crippen LogP) is 3.06. The first kappa shape index (κ1) is 16.2. The van der Waals surface area contributed by atoms with Crippen LogP contribution in [-0.2, 0) is 4.74 Å². The Labute approximate surface area is 127 Å². The summed E-state index contributed by atoms with van der Waals surface area (Å²) >= 11 is 0. The molecule has 0 bridgehead atoms. The molecule has 1 saturated heterocycles. The normalized spacial score (nSPS) is 22.0. The van der Waals surface area contributed by atoms with Crippen LogP contribution < -0.4 is 10.2 Å². The van der Waals surface area contributed by atoms with Crippen molar-refractivity contribution in [3.05, 3.63) is 30.1 Å². The first-order valence-electron chi connectivity index (χ1n) is 7.88. The maximum Gasteiger partial charge on any atom is 0.146 e. The third-order valence-corrected chi connectivity index (χ3v) is 3.86. The summed E-state index contributed by atoms with van der Waals surface area (Å²) in [5, 5.41) is 3.44. The van der Waals surface area contributed by atoms with Crippen molar-refractivity contribution in [2.24, 2.45) is 5.92 Å². The van der Waals surface area contributed by atoms with Crippen LogP contribution in [0.25, 0.3) is 0 Å². The highest BCUT2D eigenvalue weighted by atomic mass is 19.1. The highest BCUT2D eigenvalue weighted by Gasteiger charge is 2.26. The van der Waals surface area contributed by atoms with Crippen molar-refractivity contribution < 1.29 is 9.13 Å². The second-order valence-electron chi connectivity index (χ2n) is 6.34. The molecular formula is C17H27FN2O. The summed E-state index contributed by atoms with van der Waals surface area (Å²) in [5.41, 5.74) is 0.641. The lowest BCUT2D eigenvalue weighted by molar-refractivity contribution is 0.0496. The van der Waals surface area contributed by atoms with Gasteiger partial charge in [-0.3, -0.25) is 0 Å². The highest BCUT2D eigenvalue weighted by Crippen LogP contribution is 2.23. The average Bonchev–Trinajstić information content (AvgIpc) is 2.86. The van der Waals surface area contributed by atoms with E-state index in [-0.39, 0.29) is 11.9 Å². The Balaban J connectivity index is 1.76. The maximum absolute atomic E-state index is 13.7. The quantitative estimate of drug-likeness (QED) is 0.836. The summed E-state index contributed by atoms with van der Waals surface area (Å²) in [5.74, 6) is 0.488. The molecule has 0 saturated carbocycles. The molecule has 2 atom stereocenters. The van der Waals surface area contributed by atoms with Crippen LogP contribution in [0.3, 0.4) is 0 Å². The number of nitrogens with one attached hydrogen (secondary N) is 1. The van der Waals surface area contributed by atoms with E-state index in [1.165, 1.54) is 6.07 Å². The standard InChI is InChI=1S/C17H27FN2O/c1-13(2)10-19-11-14-8-9-15(21-14)12-20(3)17-7-5-4-6-16(17)18/h4-7,13-15,19H,8-12H2,1-3H3. The molecule has 0 spiro atoms. The van der Waals surface area contributed by atoms with Gasteiger partial charge in [0.05, 0.1) is 17.9 Å². The van der Waals surface area contributed by atoms with Crippen molar-refractivity contribution in [1.82, 2.24) is 5.32 Å². The van der Waals surface area contributed by atoms with Crippen LogP contribution in [0.15, 0.2) is 24.3 Å². The summed E-state index contributed by atoms with van der Waals surface area (Å²) in [4.78, 5) is 1.95. The molecular weight excluding hydrogens is 267 g/mol. The van der Waals surface area contributed by atoms with Crippen molar-refractivity contribution in [3.8, 4) is 0 Å².